The zero-order chi connectivity index (χ0) is 21.5. The van der Waals surface area contributed by atoms with Crippen LogP contribution in [0.2, 0.25) is 5.02 Å². The SMILES string of the molecule is Cc1cccc(CN(C(=O)CCc2ccccc2Cl)[C@H](C)C(=O)NC2CCCC2)c1. The minimum absolute atomic E-state index is 0.0366. The van der Waals surface area contributed by atoms with Crippen molar-refractivity contribution in [1.29, 1.82) is 0 Å². The second-order valence-electron chi connectivity index (χ2n) is 8.27. The lowest BCUT2D eigenvalue weighted by Crippen LogP contribution is -2.49. The van der Waals surface area contributed by atoms with Gasteiger partial charge in [0.2, 0.25) is 11.8 Å². The molecule has 30 heavy (non-hydrogen) atoms. The zero-order valence-corrected chi connectivity index (χ0v) is 18.6. The summed E-state index contributed by atoms with van der Waals surface area (Å²) in [6, 6.07) is 15.4. The first-order chi connectivity index (χ1) is 14.4. The minimum Gasteiger partial charge on any atom is -0.352 e. The van der Waals surface area contributed by atoms with Gasteiger partial charge in [0.1, 0.15) is 6.04 Å². The van der Waals surface area contributed by atoms with Crippen molar-refractivity contribution in [3.8, 4) is 0 Å². The fourth-order valence-electron chi connectivity index (χ4n) is 4.07. The molecule has 1 atom stereocenters. The first kappa shape index (κ1) is 22.4. The quantitative estimate of drug-likeness (QED) is 0.641. The van der Waals surface area contributed by atoms with Gasteiger partial charge in [-0.2, -0.15) is 0 Å². The topological polar surface area (TPSA) is 49.4 Å². The Morgan fingerprint density at radius 2 is 1.87 bits per heavy atom. The molecule has 1 aliphatic carbocycles. The Hall–Kier alpha value is -2.33. The Bertz CT molecular complexity index is 877. The highest BCUT2D eigenvalue weighted by atomic mass is 35.5. The van der Waals surface area contributed by atoms with Crippen LogP contribution < -0.4 is 5.32 Å². The van der Waals surface area contributed by atoms with Crippen molar-refractivity contribution in [3.05, 3.63) is 70.2 Å². The van der Waals surface area contributed by atoms with E-state index in [1.807, 2.05) is 56.3 Å². The molecule has 1 aliphatic rings. The van der Waals surface area contributed by atoms with Crippen LogP contribution in [0.3, 0.4) is 0 Å². The van der Waals surface area contributed by atoms with Crippen molar-refractivity contribution in [2.24, 2.45) is 0 Å². The Morgan fingerprint density at radius 3 is 2.57 bits per heavy atom. The Balaban J connectivity index is 1.72. The molecule has 0 bridgehead atoms. The first-order valence-electron chi connectivity index (χ1n) is 10.8. The molecule has 2 aromatic carbocycles. The van der Waals surface area contributed by atoms with Gasteiger partial charge in [-0.15, -0.1) is 0 Å². The van der Waals surface area contributed by atoms with Gasteiger partial charge in [0.25, 0.3) is 0 Å². The molecular formula is C25H31ClN2O2. The normalized spacial score (nSPS) is 15.0. The molecule has 0 aromatic heterocycles. The van der Waals surface area contributed by atoms with Gasteiger partial charge >= 0.3 is 0 Å². The summed E-state index contributed by atoms with van der Waals surface area (Å²) in [5.74, 6) is -0.105. The maximum atomic E-state index is 13.2. The molecule has 0 aliphatic heterocycles. The van der Waals surface area contributed by atoms with Crippen molar-refractivity contribution in [2.45, 2.75) is 71.0 Å². The number of amides is 2. The van der Waals surface area contributed by atoms with Crippen molar-refractivity contribution in [3.63, 3.8) is 0 Å². The highest BCUT2D eigenvalue weighted by Gasteiger charge is 2.28. The number of benzene rings is 2. The van der Waals surface area contributed by atoms with Crippen LogP contribution in [0.1, 0.15) is 55.7 Å². The molecule has 2 aromatic rings. The molecule has 1 fully saturated rings. The third-order valence-corrected chi connectivity index (χ3v) is 6.24. The predicted octanol–water partition coefficient (Wildman–Crippen LogP) is 5.06. The predicted molar refractivity (Wildman–Crippen MR) is 121 cm³/mol. The van der Waals surface area contributed by atoms with Gasteiger partial charge < -0.3 is 10.2 Å². The van der Waals surface area contributed by atoms with Crippen LogP contribution >= 0.6 is 11.6 Å². The summed E-state index contributed by atoms with van der Waals surface area (Å²) < 4.78 is 0. The molecular weight excluding hydrogens is 396 g/mol. The van der Waals surface area contributed by atoms with E-state index in [9.17, 15) is 9.59 Å². The first-order valence-corrected chi connectivity index (χ1v) is 11.2. The Morgan fingerprint density at radius 1 is 1.13 bits per heavy atom. The molecule has 0 spiro atoms. The van der Waals surface area contributed by atoms with Crippen LogP contribution in [0, 0.1) is 6.92 Å². The average Bonchev–Trinajstić information content (AvgIpc) is 3.24. The van der Waals surface area contributed by atoms with E-state index >= 15 is 0 Å². The van der Waals surface area contributed by atoms with Crippen molar-refractivity contribution in [1.82, 2.24) is 10.2 Å². The van der Waals surface area contributed by atoms with Crippen LogP contribution in [0.5, 0.6) is 0 Å². The number of nitrogens with one attached hydrogen (secondary N) is 1. The number of halogens is 1. The van der Waals surface area contributed by atoms with E-state index in [0.717, 1.165) is 42.4 Å². The number of hydrogen-bond donors (Lipinski definition) is 1. The fourth-order valence-corrected chi connectivity index (χ4v) is 4.30. The molecule has 5 heteroatoms. The second kappa shape index (κ2) is 10.6. The maximum Gasteiger partial charge on any atom is 0.242 e. The van der Waals surface area contributed by atoms with Gasteiger partial charge in [-0.25, -0.2) is 0 Å². The van der Waals surface area contributed by atoms with Gasteiger partial charge in [-0.3, -0.25) is 9.59 Å². The molecule has 3 rings (SSSR count). The third-order valence-electron chi connectivity index (χ3n) is 5.87. The van der Waals surface area contributed by atoms with E-state index < -0.39 is 6.04 Å². The number of nitrogens with zero attached hydrogens (tertiary/aromatic N) is 1. The van der Waals surface area contributed by atoms with E-state index in [4.69, 9.17) is 11.6 Å². The van der Waals surface area contributed by atoms with E-state index in [2.05, 4.69) is 11.4 Å². The number of hydrogen-bond acceptors (Lipinski definition) is 2. The molecule has 160 valence electrons. The summed E-state index contributed by atoms with van der Waals surface area (Å²) >= 11 is 6.25. The van der Waals surface area contributed by atoms with E-state index in [0.29, 0.717) is 24.4 Å². The Kier molecular flexibility index (Phi) is 7.92. The fraction of sp³-hybridized carbons (Fsp3) is 0.440. The van der Waals surface area contributed by atoms with E-state index in [1.54, 1.807) is 4.90 Å². The minimum atomic E-state index is -0.523. The van der Waals surface area contributed by atoms with Crippen LogP contribution in [0.25, 0.3) is 0 Å². The molecule has 0 radical (unpaired) electrons. The monoisotopic (exact) mass is 426 g/mol. The molecule has 0 unspecified atom stereocenters. The van der Waals surface area contributed by atoms with Crippen molar-refractivity contribution >= 4 is 23.4 Å². The van der Waals surface area contributed by atoms with Gasteiger partial charge in [0.15, 0.2) is 0 Å². The highest BCUT2D eigenvalue weighted by Crippen LogP contribution is 2.20. The van der Waals surface area contributed by atoms with Gasteiger partial charge in [0, 0.05) is 24.0 Å². The molecule has 1 N–H and O–H groups in total. The zero-order valence-electron chi connectivity index (χ0n) is 17.9. The number of carbonyl (C=O) groups excluding carboxylic acids is 2. The highest BCUT2D eigenvalue weighted by molar-refractivity contribution is 6.31. The molecule has 4 nitrogen and oxygen atoms in total. The van der Waals surface area contributed by atoms with Gasteiger partial charge in [-0.05, 0) is 50.3 Å². The maximum absolute atomic E-state index is 13.2. The van der Waals surface area contributed by atoms with Gasteiger partial charge in [-0.1, -0.05) is 72.5 Å². The molecule has 0 heterocycles. The smallest absolute Gasteiger partial charge is 0.242 e. The molecule has 1 saturated carbocycles. The number of rotatable bonds is 8. The summed E-state index contributed by atoms with van der Waals surface area (Å²) in [6.07, 6.45) is 5.23. The van der Waals surface area contributed by atoms with Crippen molar-refractivity contribution in [2.75, 3.05) is 0 Å². The number of carbonyl (C=O) groups is 2. The standard InChI is InChI=1S/C25H31ClN2O2/c1-18-8-7-9-20(16-18)17-28(19(2)25(30)27-22-11-4-5-12-22)24(29)15-14-21-10-3-6-13-23(21)26/h3,6-10,13,16,19,22H,4-5,11-12,14-15,17H2,1-2H3,(H,27,30)/t19-/m1/s1. The van der Waals surface area contributed by atoms with Crippen LogP contribution in [0.15, 0.2) is 48.5 Å². The lowest BCUT2D eigenvalue weighted by Gasteiger charge is -2.30. The average molecular weight is 427 g/mol. The Labute approximate surface area is 184 Å². The lowest BCUT2D eigenvalue weighted by atomic mass is 10.1. The molecule has 2 amide bonds. The summed E-state index contributed by atoms with van der Waals surface area (Å²) in [4.78, 5) is 27.8. The van der Waals surface area contributed by atoms with Crippen LogP contribution in [-0.4, -0.2) is 28.8 Å². The largest absolute Gasteiger partial charge is 0.352 e. The lowest BCUT2D eigenvalue weighted by molar-refractivity contribution is -0.140. The second-order valence-corrected chi connectivity index (χ2v) is 8.68. The van der Waals surface area contributed by atoms with Gasteiger partial charge in [0.05, 0.1) is 0 Å². The summed E-state index contributed by atoms with van der Waals surface area (Å²) in [6.45, 7) is 4.28. The van der Waals surface area contributed by atoms with E-state index in [1.165, 1.54) is 0 Å². The van der Waals surface area contributed by atoms with Crippen LogP contribution in [0.4, 0.5) is 0 Å². The van der Waals surface area contributed by atoms with Crippen LogP contribution in [-0.2, 0) is 22.6 Å². The van der Waals surface area contributed by atoms with Crippen molar-refractivity contribution < 1.29 is 9.59 Å². The third kappa shape index (κ3) is 6.09. The molecule has 0 saturated heterocycles. The number of aryl methyl sites for hydroxylation is 2. The summed E-state index contributed by atoms with van der Waals surface area (Å²) in [5, 5.41) is 3.81. The summed E-state index contributed by atoms with van der Waals surface area (Å²) in [7, 11) is 0. The summed E-state index contributed by atoms with van der Waals surface area (Å²) in [5.41, 5.74) is 3.12. The van der Waals surface area contributed by atoms with E-state index in [-0.39, 0.29) is 17.9 Å².